The highest BCUT2D eigenvalue weighted by Crippen LogP contribution is 2.37. The number of aryl methyl sites for hydroxylation is 1. The van der Waals surface area contributed by atoms with Crippen LogP contribution in [0.25, 0.3) is 0 Å². The summed E-state index contributed by atoms with van der Waals surface area (Å²) in [6.45, 7) is 4.33. The fraction of sp³-hybridized carbons (Fsp3) is 0.381. The van der Waals surface area contributed by atoms with Gasteiger partial charge in [-0.1, -0.05) is 48.0 Å². The Morgan fingerprint density at radius 2 is 1.75 bits per heavy atom. The molecule has 2 aromatic carbocycles. The van der Waals surface area contributed by atoms with Gasteiger partial charge in [0.05, 0.1) is 19.0 Å². The molecule has 2 unspecified atom stereocenters. The maximum Gasteiger partial charge on any atom is 0.283 e. The van der Waals surface area contributed by atoms with E-state index < -0.39 is 0 Å². The number of hydrogen-bond acceptors (Lipinski definition) is 1. The summed E-state index contributed by atoms with van der Waals surface area (Å²) in [6.07, 6.45) is 3.74. The summed E-state index contributed by atoms with van der Waals surface area (Å²) in [5, 5.41) is 3.17. The quantitative estimate of drug-likeness (QED) is 0.875. The summed E-state index contributed by atoms with van der Waals surface area (Å²) in [5.74, 6) is 0.319. The molecule has 4 rings (SSSR count). The van der Waals surface area contributed by atoms with Crippen molar-refractivity contribution in [1.29, 1.82) is 0 Å². The smallest absolute Gasteiger partial charge is 0.283 e. The van der Waals surface area contributed by atoms with Crippen LogP contribution in [0.4, 0.5) is 5.69 Å². The highest BCUT2D eigenvalue weighted by Gasteiger charge is 2.43. The monoisotopic (exact) mass is 321 g/mol. The summed E-state index contributed by atoms with van der Waals surface area (Å²) < 4.78 is 0. The fourth-order valence-electron chi connectivity index (χ4n) is 4.37. The molecule has 2 atom stereocenters. The first-order valence-electron chi connectivity index (χ1n) is 9.05. The lowest BCUT2D eigenvalue weighted by molar-refractivity contribution is -0.921. The van der Waals surface area contributed by atoms with Crippen molar-refractivity contribution in [2.75, 3.05) is 18.4 Å². The molecular formula is C21H25N2O+. The Kier molecular flexibility index (Phi) is 4.11. The van der Waals surface area contributed by atoms with Gasteiger partial charge in [-0.2, -0.15) is 0 Å². The third-order valence-electron chi connectivity index (χ3n) is 5.51. The van der Waals surface area contributed by atoms with Crippen molar-refractivity contribution in [2.24, 2.45) is 0 Å². The number of quaternary nitrogens is 1. The molecule has 0 bridgehead atoms. The van der Waals surface area contributed by atoms with Gasteiger partial charge in [-0.25, -0.2) is 0 Å². The molecule has 2 aliphatic heterocycles. The maximum atomic E-state index is 13.0. The SMILES string of the molecule is Cc1ccc2c(c1)C(c1ccccc1)C([NH+]1CCCCC1)C(=O)N2. The van der Waals surface area contributed by atoms with E-state index in [2.05, 4.69) is 54.7 Å². The first-order chi connectivity index (χ1) is 11.7. The Balaban J connectivity index is 1.83. The summed E-state index contributed by atoms with van der Waals surface area (Å²) in [4.78, 5) is 14.4. The number of anilines is 1. The molecule has 0 saturated carbocycles. The first-order valence-corrected chi connectivity index (χ1v) is 9.05. The van der Waals surface area contributed by atoms with Crippen LogP contribution in [0.15, 0.2) is 48.5 Å². The maximum absolute atomic E-state index is 13.0. The molecule has 2 aliphatic rings. The van der Waals surface area contributed by atoms with Gasteiger partial charge in [0.25, 0.3) is 5.91 Å². The standard InChI is InChI=1S/C21H24N2O/c1-15-10-11-18-17(14-15)19(16-8-4-2-5-9-16)20(21(24)22-18)23-12-6-3-7-13-23/h2,4-5,8-11,14,19-20H,3,6-7,12-13H2,1H3,(H,22,24)/p+1. The molecule has 3 heteroatoms. The van der Waals surface area contributed by atoms with Crippen LogP contribution in [-0.2, 0) is 4.79 Å². The van der Waals surface area contributed by atoms with E-state index in [1.807, 2.05) is 6.07 Å². The number of piperidine rings is 1. The number of amides is 1. The van der Waals surface area contributed by atoms with Crippen LogP contribution in [0.1, 0.15) is 41.9 Å². The van der Waals surface area contributed by atoms with Crippen LogP contribution in [0.5, 0.6) is 0 Å². The number of hydrogen-bond donors (Lipinski definition) is 2. The second-order valence-corrected chi connectivity index (χ2v) is 7.16. The van der Waals surface area contributed by atoms with E-state index >= 15 is 0 Å². The summed E-state index contributed by atoms with van der Waals surface area (Å²) in [6, 6.07) is 16.9. The Morgan fingerprint density at radius 3 is 2.50 bits per heavy atom. The highest BCUT2D eigenvalue weighted by atomic mass is 16.2. The van der Waals surface area contributed by atoms with Crippen LogP contribution < -0.4 is 10.2 Å². The predicted octanol–water partition coefficient (Wildman–Crippen LogP) is 2.52. The van der Waals surface area contributed by atoms with Crippen molar-refractivity contribution in [3.63, 3.8) is 0 Å². The average Bonchev–Trinajstić information content (AvgIpc) is 2.62. The molecule has 24 heavy (non-hydrogen) atoms. The van der Waals surface area contributed by atoms with E-state index in [0.717, 1.165) is 18.8 Å². The van der Waals surface area contributed by atoms with Gasteiger partial charge in [0, 0.05) is 5.69 Å². The van der Waals surface area contributed by atoms with E-state index in [1.165, 1.54) is 40.9 Å². The van der Waals surface area contributed by atoms with Gasteiger partial charge in [0.15, 0.2) is 6.04 Å². The van der Waals surface area contributed by atoms with Gasteiger partial charge in [-0.15, -0.1) is 0 Å². The van der Waals surface area contributed by atoms with Crippen LogP contribution >= 0.6 is 0 Å². The van der Waals surface area contributed by atoms with E-state index in [0.29, 0.717) is 0 Å². The minimum atomic E-state index is -0.0259. The predicted molar refractivity (Wildman–Crippen MR) is 96.4 cm³/mol. The van der Waals surface area contributed by atoms with Crippen molar-refractivity contribution in [3.05, 3.63) is 65.2 Å². The Morgan fingerprint density at radius 1 is 1.00 bits per heavy atom. The topological polar surface area (TPSA) is 33.5 Å². The molecule has 1 amide bonds. The third kappa shape index (κ3) is 2.73. The molecule has 2 aromatic rings. The third-order valence-corrected chi connectivity index (χ3v) is 5.51. The minimum absolute atomic E-state index is 0.0259. The van der Waals surface area contributed by atoms with E-state index in [9.17, 15) is 4.79 Å². The summed E-state index contributed by atoms with van der Waals surface area (Å²) >= 11 is 0. The van der Waals surface area contributed by atoms with Gasteiger partial charge < -0.3 is 10.2 Å². The summed E-state index contributed by atoms with van der Waals surface area (Å²) in [7, 11) is 0. The Bertz CT molecular complexity index is 735. The van der Waals surface area contributed by atoms with Gasteiger partial charge in [-0.05, 0) is 43.4 Å². The first kappa shape index (κ1) is 15.4. The van der Waals surface area contributed by atoms with Crippen molar-refractivity contribution in [1.82, 2.24) is 0 Å². The second kappa shape index (κ2) is 6.40. The zero-order valence-corrected chi connectivity index (χ0v) is 14.2. The molecule has 3 nitrogen and oxygen atoms in total. The Labute approximate surface area is 143 Å². The summed E-state index contributed by atoms with van der Waals surface area (Å²) in [5.41, 5.74) is 4.75. The van der Waals surface area contributed by atoms with E-state index in [-0.39, 0.29) is 17.9 Å². The second-order valence-electron chi connectivity index (χ2n) is 7.16. The van der Waals surface area contributed by atoms with Gasteiger partial charge >= 0.3 is 0 Å². The zero-order valence-electron chi connectivity index (χ0n) is 14.2. The van der Waals surface area contributed by atoms with E-state index in [1.54, 1.807) is 0 Å². The molecule has 2 N–H and O–H groups in total. The molecule has 0 aliphatic carbocycles. The van der Waals surface area contributed by atoms with Crippen molar-refractivity contribution in [3.8, 4) is 0 Å². The van der Waals surface area contributed by atoms with Crippen LogP contribution in [-0.4, -0.2) is 25.0 Å². The van der Waals surface area contributed by atoms with Gasteiger partial charge in [-0.3, -0.25) is 4.79 Å². The van der Waals surface area contributed by atoms with Crippen LogP contribution in [0.2, 0.25) is 0 Å². The Hall–Kier alpha value is -2.13. The molecule has 1 saturated heterocycles. The van der Waals surface area contributed by atoms with Crippen LogP contribution in [0.3, 0.4) is 0 Å². The fourth-order valence-corrected chi connectivity index (χ4v) is 4.37. The molecule has 2 heterocycles. The molecular weight excluding hydrogens is 296 g/mol. The number of nitrogens with one attached hydrogen (secondary N) is 2. The minimum Gasteiger partial charge on any atom is -0.324 e. The lowest BCUT2D eigenvalue weighted by atomic mass is 9.79. The lowest BCUT2D eigenvalue weighted by Crippen LogP contribution is -3.18. The van der Waals surface area contributed by atoms with Crippen LogP contribution in [0, 0.1) is 6.92 Å². The van der Waals surface area contributed by atoms with Crippen molar-refractivity contribution in [2.45, 2.75) is 38.1 Å². The average molecular weight is 321 g/mol. The molecule has 0 aromatic heterocycles. The highest BCUT2D eigenvalue weighted by molar-refractivity contribution is 5.98. The van der Waals surface area contributed by atoms with Crippen molar-refractivity contribution >= 4 is 11.6 Å². The number of likely N-dealkylation sites (tertiary alicyclic amines) is 1. The van der Waals surface area contributed by atoms with E-state index in [4.69, 9.17) is 0 Å². The number of rotatable bonds is 2. The van der Waals surface area contributed by atoms with Gasteiger partial charge in [0.2, 0.25) is 0 Å². The molecule has 0 spiro atoms. The molecule has 0 radical (unpaired) electrons. The number of carbonyl (C=O) groups excluding carboxylic acids is 1. The molecule has 1 fully saturated rings. The van der Waals surface area contributed by atoms with Gasteiger partial charge in [0.1, 0.15) is 0 Å². The normalized spacial score (nSPS) is 24.3. The largest absolute Gasteiger partial charge is 0.324 e. The number of fused-ring (bicyclic) bond motifs is 1. The number of benzene rings is 2. The van der Waals surface area contributed by atoms with Crippen molar-refractivity contribution < 1.29 is 9.69 Å². The lowest BCUT2D eigenvalue weighted by Gasteiger charge is -2.39. The number of carbonyl (C=O) groups is 1. The zero-order chi connectivity index (χ0) is 16.5. The molecule has 124 valence electrons.